The van der Waals surface area contributed by atoms with Crippen LogP contribution in [0.1, 0.15) is 32.1 Å². The Labute approximate surface area is 125 Å². The van der Waals surface area contributed by atoms with E-state index in [-0.39, 0.29) is 11.9 Å². The molecule has 2 aliphatic heterocycles. The lowest BCUT2D eigenvalue weighted by atomic mass is 9.84. The van der Waals surface area contributed by atoms with Gasteiger partial charge in [-0.1, -0.05) is 12.8 Å². The molecular weight excluding hydrogens is 272 g/mol. The summed E-state index contributed by atoms with van der Waals surface area (Å²) in [5.41, 5.74) is 0. The zero-order valence-electron chi connectivity index (χ0n) is 12.5. The van der Waals surface area contributed by atoms with Gasteiger partial charge in [0.25, 0.3) is 5.91 Å². The minimum absolute atomic E-state index is 0.100. The summed E-state index contributed by atoms with van der Waals surface area (Å²) >= 11 is 0. The minimum atomic E-state index is -0.873. The average Bonchev–Trinajstić information content (AvgIpc) is 2.86. The highest BCUT2D eigenvalue weighted by atomic mass is 16.5. The molecule has 1 aliphatic carbocycles. The van der Waals surface area contributed by atoms with Crippen molar-refractivity contribution in [3.63, 3.8) is 0 Å². The summed E-state index contributed by atoms with van der Waals surface area (Å²) in [5.74, 6) is -0.643. The van der Waals surface area contributed by atoms with Crippen molar-refractivity contribution in [3.05, 3.63) is 0 Å². The van der Waals surface area contributed by atoms with Crippen LogP contribution in [-0.2, 0) is 14.3 Å². The number of hydrogen-bond donors (Lipinski definition) is 1. The van der Waals surface area contributed by atoms with Crippen molar-refractivity contribution in [2.24, 2.45) is 5.92 Å². The summed E-state index contributed by atoms with van der Waals surface area (Å²) in [6, 6.07) is -0.565. The lowest BCUT2D eigenvalue weighted by molar-refractivity contribution is -0.159. The topological polar surface area (TPSA) is 70.1 Å². The van der Waals surface area contributed by atoms with Crippen molar-refractivity contribution in [3.8, 4) is 0 Å². The molecule has 118 valence electrons. The van der Waals surface area contributed by atoms with Gasteiger partial charge in [-0.2, -0.15) is 0 Å². The molecule has 3 rings (SSSR count). The number of carboxylic acids is 1. The monoisotopic (exact) mass is 296 g/mol. The Balaban J connectivity index is 1.79. The maximum Gasteiger partial charge on any atom is 0.326 e. The van der Waals surface area contributed by atoms with Crippen molar-refractivity contribution in [1.82, 2.24) is 9.80 Å². The molecule has 0 aromatic heterocycles. The molecule has 1 saturated carbocycles. The van der Waals surface area contributed by atoms with Crippen LogP contribution in [0.4, 0.5) is 0 Å². The molecule has 0 aromatic rings. The van der Waals surface area contributed by atoms with Crippen molar-refractivity contribution in [2.45, 2.75) is 50.3 Å². The number of ether oxygens (including phenoxy) is 1. The van der Waals surface area contributed by atoms with E-state index in [1.807, 2.05) is 7.05 Å². The molecule has 6 heteroatoms. The first-order valence-corrected chi connectivity index (χ1v) is 7.93. The third-order valence-corrected chi connectivity index (χ3v) is 5.17. The molecule has 2 saturated heterocycles. The predicted molar refractivity (Wildman–Crippen MR) is 75.9 cm³/mol. The molecule has 0 radical (unpaired) electrons. The zero-order chi connectivity index (χ0) is 15.0. The van der Waals surface area contributed by atoms with E-state index in [2.05, 4.69) is 4.90 Å². The van der Waals surface area contributed by atoms with Gasteiger partial charge in [0.15, 0.2) is 0 Å². The van der Waals surface area contributed by atoms with E-state index in [1.165, 1.54) is 0 Å². The molecule has 0 spiro atoms. The maximum atomic E-state index is 12.8. The zero-order valence-corrected chi connectivity index (χ0v) is 12.5. The van der Waals surface area contributed by atoms with Crippen LogP contribution in [0, 0.1) is 5.92 Å². The predicted octanol–water partition coefficient (Wildman–Crippen LogP) is 0.561. The number of amides is 1. The number of fused-ring (bicyclic) bond motifs is 1. The average molecular weight is 296 g/mol. The first-order valence-electron chi connectivity index (χ1n) is 7.93. The highest BCUT2D eigenvalue weighted by molar-refractivity contribution is 5.87. The Morgan fingerprint density at radius 2 is 2.00 bits per heavy atom. The number of likely N-dealkylation sites (tertiary alicyclic amines) is 1. The number of nitrogens with zero attached hydrogens (tertiary/aromatic N) is 2. The fourth-order valence-corrected chi connectivity index (χ4v) is 4.09. The normalized spacial score (nSPS) is 37.3. The van der Waals surface area contributed by atoms with Crippen LogP contribution >= 0.6 is 0 Å². The van der Waals surface area contributed by atoms with Gasteiger partial charge in [-0.05, 0) is 32.2 Å². The molecular formula is C15H24N2O4. The molecule has 0 aromatic carbocycles. The second kappa shape index (κ2) is 5.93. The molecule has 6 nitrogen and oxygen atoms in total. The van der Waals surface area contributed by atoms with E-state index in [0.717, 1.165) is 32.2 Å². The Hall–Kier alpha value is -1.14. The summed E-state index contributed by atoms with van der Waals surface area (Å²) < 4.78 is 5.60. The van der Waals surface area contributed by atoms with Crippen molar-refractivity contribution < 1.29 is 19.4 Å². The van der Waals surface area contributed by atoms with Gasteiger partial charge in [-0.25, -0.2) is 4.79 Å². The van der Waals surface area contributed by atoms with Crippen LogP contribution in [-0.4, -0.2) is 71.7 Å². The van der Waals surface area contributed by atoms with Gasteiger partial charge < -0.3 is 19.6 Å². The van der Waals surface area contributed by atoms with Crippen LogP contribution in [0.3, 0.4) is 0 Å². The van der Waals surface area contributed by atoms with Gasteiger partial charge in [0.2, 0.25) is 0 Å². The van der Waals surface area contributed by atoms with E-state index >= 15 is 0 Å². The van der Waals surface area contributed by atoms with Crippen LogP contribution in [0.2, 0.25) is 0 Å². The number of aliphatic carboxylic acids is 1. The lowest BCUT2D eigenvalue weighted by Gasteiger charge is -2.37. The second-order valence-electron chi connectivity index (χ2n) is 6.57. The van der Waals surface area contributed by atoms with Gasteiger partial charge in [-0.3, -0.25) is 4.79 Å². The first-order chi connectivity index (χ1) is 10.1. The molecule has 0 bridgehead atoms. The molecule has 3 fully saturated rings. The van der Waals surface area contributed by atoms with E-state index < -0.39 is 18.1 Å². The number of rotatable bonds is 2. The van der Waals surface area contributed by atoms with Gasteiger partial charge in [-0.15, -0.1) is 0 Å². The molecule has 4 unspecified atom stereocenters. The third-order valence-electron chi connectivity index (χ3n) is 5.17. The summed E-state index contributed by atoms with van der Waals surface area (Å²) in [5, 5.41) is 9.48. The molecule has 2 heterocycles. The highest BCUT2D eigenvalue weighted by Gasteiger charge is 2.49. The van der Waals surface area contributed by atoms with Crippen LogP contribution in [0.25, 0.3) is 0 Å². The molecule has 1 N–H and O–H groups in total. The summed E-state index contributed by atoms with van der Waals surface area (Å²) in [6.45, 7) is 1.91. The number of likely N-dealkylation sites (N-methyl/N-ethyl adjacent to an activating group) is 1. The lowest BCUT2D eigenvalue weighted by Crippen LogP contribution is -2.55. The second-order valence-corrected chi connectivity index (χ2v) is 6.57. The van der Waals surface area contributed by atoms with Crippen molar-refractivity contribution in [2.75, 3.05) is 26.7 Å². The van der Waals surface area contributed by atoms with Crippen molar-refractivity contribution in [1.29, 1.82) is 0 Å². The van der Waals surface area contributed by atoms with Gasteiger partial charge in [0.1, 0.15) is 12.1 Å². The standard InChI is InChI=1S/C15H24N2O4/c1-16-6-7-21-13(9-16)14(18)17-11-5-3-2-4-10(11)8-12(17)15(19)20/h10-13H,2-9H2,1H3,(H,19,20). The van der Waals surface area contributed by atoms with Gasteiger partial charge in [0, 0.05) is 19.1 Å². The number of carbonyl (C=O) groups is 2. The highest BCUT2D eigenvalue weighted by Crippen LogP contribution is 2.40. The fraction of sp³-hybridized carbons (Fsp3) is 0.867. The maximum absolute atomic E-state index is 12.8. The SMILES string of the molecule is CN1CCOC(C(=O)N2C(C(=O)O)CC3CCCCC32)C1. The Bertz CT molecular complexity index is 428. The molecule has 4 atom stereocenters. The number of hydrogen-bond acceptors (Lipinski definition) is 4. The fourth-order valence-electron chi connectivity index (χ4n) is 4.09. The van der Waals surface area contributed by atoms with E-state index in [4.69, 9.17) is 4.74 Å². The van der Waals surface area contributed by atoms with Crippen molar-refractivity contribution >= 4 is 11.9 Å². The van der Waals surface area contributed by atoms with Crippen LogP contribution in [0.5, 0.6) is 0 Å². The quantitative estimate of drug-likeness (QED) is 0.806. The first kappa shape index (κ1) is 14.8. The number of carboxylic acid groups (broad SMARTS) is 1. The Morgan fingerprint density at radius 3 is 2.71 bits per heavy atom. The van der Waals surface area contributed by atoms with E-state index in [9.17, 15) is 14.7 Å². The Morgan fingerprint density at radius 1 is 1.24 bits per heavy atom. The van der Waals surface area contributed by atoms with E-state index in [0.29, 0.717) is 25.5 Å². The molecule has 21 heavy (non-hydrogen) atoms. The number of carbonyl (C=O) groups excluding carboxylic acids is 1. The van der Waals surface area contributed by atoms with Crippen LogP contribution in [0.15, 0.2) is 0 Å². The third kappa shape index (κ3) is 2.79. The van der Waals surface area contributed by atoms with Gasteiger partial charge in [0.05, 0.1) is 6.61 Å². The van der Waals surface area contributed by atoms with Gasteiger partial charge >= 0.3 is 5.97 Å². The summed E-state index contributed by atoms with van der Waals surface area (Å²) in [6.07, 6.45) is 4.31. The molecule has 3 aliphatic rings. The number of morpholine rings is 1. The Kier molecular flexibility index (Phi) is 4.17. The summed E-state index contributed by atoms with van der Waals surface area (Å²) in [7, 11) is 1.96. The van der Waals surface area contributed by atoms with E-state index in [1.54, 1.807) is 4.90 Å². The smallest absolute Gasteiger partial charge is 0.326 e. The van der Waals surface area contributed by atoms with Crippen LogP contribution < -0.4 is 0 Å². The summed E-state index contributed by atoms with van der Waals surface area (Å²) in [4.78, 5) is 28.1. The molecule has 1 amide bonds. The minimum Gasteiger partial charge on any atom is -0.480 e. The largest absolute Gasteiger partial charge is 0.480 e.